The molecule has 0 atom stereocenters. The summed E-state index contributed by atoms with van der Waals surface area (Å²) in [5, 5.41) is 0. The molecule has 1 heteroatoms. The number of benzene rings is 1. The molecule has 0 heterocycles. The molecule has 1 nitrogen and oxygen atoms in total. The summed E-state index contributed by atoms with van der Waals surface area (Å²) in [7, 11) is 1.74. The zero-order valence-corrected chi connectivity index (χ0v) is 12.8. The molecular weight excluding hydrogens is 244 g/mol. The van der Waals surface area contributed by atoms with Crippen LogP contribution >= 0.6 is 0 Å². The van der Waals surface area contributed by atoms with Crippen LogP contribution in [0.2, 0.25) is 0 Å². The van der Waals surface area contributed by atoms with Gasteiger partial charge in [0.15, 0.2) is 0 Å². The van der Waals surface area contributed by atoms with Crippen LogP contribution in [0.15, 0.2) is 24.3 Å². The average molecular weight is 272 g/mol. The van der Waals surface area contributed by atoms with E-state index in [-0.39, 0.29) is 0 Å². The van der Waals surface area contributed by atoms with Gasteiger partial charge in [-0.2, -0.15) is 0 Å². The fourth-order valence-electron chi connectivity index (χ4n) is 4.41. The summed E-state index contributed by atoms with van der Waals surface area (Å²) in [6.07, 6.45) is 13.2. The minimum atomic E-state index is 0.792. The molecule has 3 rings (SSSR count). The van der Waals surface area contributed by atoms with Crippen molar-refractivity contribution in [2.75, 3.05) is 7.11 Å². The van der Waals surface area contributed by atoms with Crippen LogP contribution in [0.5, 0.6) is 5.75 Å². The predicted molar refractivity (Wildman–Crippen MR) is 84.3 cm³/mol. The zero-order valence-electron chi connectivity index (χ0n) is 12.8. The second kappa shape index (κ2) is 6.65. The van der Waals surface area contributed by atoms with Gasteiger partial charge in [-0.05, 0) is 61.1 Å². The van der Waals surface area contributed by atoms with Crippen molar-refractivity contribution in [3.63, 3.8) is 0 Å². The van der Waals surface area contributed by atoms with Gasteiger partial charge in [-0.25, -0.2) is 0 Å². The van der Waals surface area contributed by atoms with Gasteiger partial charge in [-0.15, -0.1) is 0 Å². The summed E-state index contributed by atoms with van der Waals surface area (Å²) in [5.41, 5.74) is 1.52. The van der Waals surface area contributed by atoms with Gasteiger partial charge >= 0.3 is 0 Å². The normalized spacial score (nSPS) is 28.2. The van der Waals surface area contributed by atoms with E-state index >= 15 is 0 Å². The fraction of sp³-hybridized carbons (Fsp3) is 0.684. The summed E-state index contributed by atoms with van der Waals surface area (Å²) in [4.78, 5) is 0. The highest BCUT2D eigenvalue weighted by Crippen LogP contribution is 2.43. The highest BCUT2D eigenvalue weighted by molar-refractivity contribution is 5.29. The third-order valence-electron chi connectivity index (χ3n) is 5.68. The van der Waals surface area contributed by atoms with Crippen LogP contribution < -0.4 is 4.74 Å². The Bertz CT molecular complexity index is 394. The Kier molecular flexibility index (Phi) is 4.65. The minimum Gasteiger partial charge on any atom is -0.497 e. The quantitative estimate of drug-likeness (QED) is 0.701. The lowest BCUT2D eigenvalue weighted by Gasteiger charge is -2.36. The van der Waals surface area contributed by atoms with E-state index in [0.29, 0.717) is 0 Å². The molecular formula is C19H28O. The molecule has 1 aromatic carbocycles. The molecule has 2 aliphatic rings. The van der Waals surface area contributed by atoms with Crippen LogP contribution in [0.4, 0.5) is 0 Å². The summed E-state index contributed by atoms with van der Waals surface area (Å²) < 4.78 is 5.25. The van der Waals surface area contributed by atoms with E-state index in [9.17, 15) is 0 Å². The first-order chi connectivity index (χ1) is 9.86. The number of hydrogen-bond acceptors (Lipinski definition) is 1. The second-order valence-electron chi connectivity index (χ2n) is 6.78. The van der Waals surface area contributed by atoms with Gasteiger partial charge in [0.2, 0.25) is 0 Å². The number of methoxy groups -OCH3 is 1. The molecule has 110 valence electrons. The second-order valence-corrected chi connectivity index (χ2v) is 6.78. The lowest BCUT2D eigenvalue weighted by molar-refractivity contribution is 0.186. The van der Waals surface area contributed by atoms with E-state index in [1.807, 2.05) is 0 Å². The molecule has 2 fully saturated rings. The van der Waals surface area contributed by atoms with Gasteiger partial charge in [0.25, 0.3) is 0 Å². The van der Waals surface area contributed by atoms with Crippen molar-refractivity contribution in [2.45, 2.75) is 63.7 Å². The van der Waals surface area contributed by atoms with Gasteiger partial charge in [0.1, 0.15) is 5.75 Å². The maximum atomic E-state index is 5.25. The Hall–Kier alpha value is -0.980. The molecule has 0 N–H and O–H groups in total. The first kappa shape index (κ1) is 14.0. The van der Waals surface area contributed by atoms with Crippen molar-refractivity contribution in [3.05, 3.63) is 29.8 Å². The molecule has 0 unspecified atom stereocenters. The Labute approximate surface area is 123 Å². The van der Waals surface area contributed by atoms with Crippen LogP contribution in [0, 0.1) is 11.8 Å². The third-order valence-corrected chi connectivity index (χ3v) is 5.68. The summed E-state index contributed by atoms with van der Waals surface area (Å²) in [6.45, 7) is 0. The van der Waals surface area contributed by atoms with Gasteiger partial charge in [-0.3, -0.25) is 0 Å². The van der Waals surface area contributed by atoms with Gasteiger partial charge in [-0.1, -0.05) is 44.2 Å². The molecule has 0 aromatic heterocycles. The monoisotopic (exact) mass is 272 g/mol. The molecule has 2 aliphatic carbocycles. The number of ether oxygens (including phenoxy) is 1. The Morgan fingerprint density at radius 1 is 0.750 bits per heavy atom. The zero-order chi connectivity index (χ0) is 13.8. The average Bonchev–Trinajstić information content (AvgIpc) is 2.56. The molecule has 1 aromatic rings. The van der Waals surface area contributed by atoms with Crippen molar-refractivity contribution >= 4 is 0 Å². The summed E-state index contributed by atoms with van der Waals surface area (Å²) >= 11 is 0. The van der Waals surface area contributed by atoms with Crippen molar-refractivity contribution in [2.24, 2.45) is 11.8 Å². The third kappa shape index (κ3) is 3.19. The van der Waals surface area contributed by atoms with Gasteiger partial charge < -0.3 is 4.74 Å². The molecule has 0 saturated heterocycles. The van der Waals surface area contributed by atoms with E-state index in [1.165, 1.54) is 63.4 Å². The molecule has 2 saturated carbocycles. The minimum absolute atomic E-state index is 0.792. The van der Waals surface area contributed by atoms with Gasteiger partial charge in [0.05, 0.1) is 7.11 Å². The number of hydrogen-bond donors (Lipinski definition) is 0. The summed E-state index contributed by atoms with van der Waals surface area (Å²) in [5.74, 6) is 3.86. The van der Waals surface area contributed by atoms with Crippen molar-refractivity contribution in [1.82, 2.24) is 0 Å². The van der Waals surface area contributed by atoms with Gasteiger partial charge in [0, 0.05) is 0 Å². The highest BCUT2D eigenvalue weighted by atomic mass is 16.5. The van der Waals surface area contributed by atoms with Crippen molar-refractivity contribution in [1.29, 1.82) is 0 Å². The maximum absolute atomic E-state index is 5.25. The number of rotatable bonds is 3. The molecule has 0 bridgehead atoms. The van der Waals surface area contributed by atoms with E-state index in [1.54, 1.807) is 7.11 Å². The van der Waals surface area contributed by atoms with Crippen LogP contribution in [0.1, 0.15) is 69.3 Å². The largest absolute Gasteiger partial charge is 0.497 e. The Balaban J connectivity index is 1.54. The van der Waals surface area contributed by atoms with E-state index in [4.69, 9.17) is 4.74 Å². The lowest BCUT2D eigenvalue weighted by atomic mass is 9.70. The molecule has 0 radical (unpaired) electrons. The fourth-order valence-corrected chi connectivity index (χ4v) is 4.41. The van der Waals surface area contributed by atoms with Crippen LogP contribution in [0.3, 0.4) is 0 Å². The topological polar surface area (TPSA) is 9.23 Å². The van der Waals surface area contributed by atoms with Crippen LogP contribution in [-0.4, -0.2) is 7.11 Å². The SMILES string of the molecule is COc1ccc(C2CCC(C3CCCCC3)CC2)cc1. The smallest absolute Gasteiger partial charge is 0.118 e. The molecule has 0 amide bonds. The van der Waals surface area contributed by atoms with Crippen molar-refractivity contribution in [3.8, 4) is 5.75 Å². The molecule has 20 heavy (non-hydrogen) atoms. The first-order valence-corrected chi connectivity index (χ1v) is 8.51. The summed E-state index contributed by atoms with van der Waals surface area (Å²) in [6, 6.07) is 8.76. The first-order valence-electron chi connectivity index (χ1n) is 8.51. The Morgan fingerprint density at radius 2 is 1.35 bits per heavy atom. The lowest BCUT2D eigenvalue weighted by Crippen LogP contribution is -2.23. The maximum Gasteiger partial charge on any atom is 0.118 e. The van der Waals surface area contributed by atoms with E-state index < -0.39 is 0 Å². The standard InChI is InChI=1S/C19H28O/c1-20-19-13-11-18(12-14-19)17-9-7-16(8-10-17)15-5-3-2-4-6-15/h11-17H,2-10H2,1H3. The van der Waals surface area contributed by atoms with E-state index in [2.05, 4.69) is 24.3 Å². The van der Waals surface area contributed by atoms with Crippen LogP contribution in [-0.2, 0) is 0 Å². The molecule has 0 aliphatic heterocycles. The van der Waals surface area contributed by atoms with Crippen LogP contribution in [0.25, 0.3) is 0 Å². The van der Waals surface area contributed by atoms with Crippen molar-refractivity contribution < 1.29 is 4.74 Å². The predicted octanol–water partition coefficient (Wildman–Crippen LogP) is 5.55. The van der Waals surface area contributed by atoms with E-state index in [0.717, 1.165) is 23.5 Å². The Morgan fingerprint density at radius 3 is 1.95 bits per heavy atom. The molecule has 0 spiro atoms. The highest BCUT2D eigenvalue weighted by Gasteiger charge is 2.28.